The molecule has 10 heavy (non-hydrogen) atoms. The normalized spacial score (nSPS) is 17.1. The first-order valence-electron chi connectivity index (χ1n) is 4.07. The summed E-state index contributed by atoms with van der Waals surface area (Å²) in [4.78, 5) is 10.9. The highest BCUT2D eigenvalue weighted by atomic mass is 32.1. The summed E-state index contributed by atoms with van der Waals surface area (Å²) in [7, 11) is 1.21. The van der Waals surface area contributed by atoms with Gasteiger partial charge in [0, 0.05) is 7.49 Å². The molecule has 0 saturated carbocycles. The van der Waals surface area contributed by atoms with Gasteiger partial charge in [0.15, 0.2) is 0 Å². The van der Waals surface area contributed by atoms with E-state index in [1.165, 1.54) is 7.11 Å². The van der Waals surface area contributed by atoms with Crippen molar-refractivity contribution in [2.24, 2.45) is 5.73 Å². The van der Waals surface area contributed by atoms with Crippen LogP contribution in [0.4, 0.5) is 0 Å². The highest BCUT2D eigenvalue weighted by Gasteiger charge is 2.28. The fraction of sp³-hybridized carbons (Fsp3) is 0.833. The minimum absolute atomic E-state index is 0.185. The predicted molar refractivity (Wildman–Crippen MR) is 43.1 cm³/mol. The zero-order valence-electron chi connectivity index (χ0n) is 7.83. The second-order valence-corrected chi connectivity index (χ2v) is 3.00. The summed E-state index contributed by atoms with van der Waals surface area (Å²) >= 11 is 4.01. The Hall–Kier alpha value is -0.220. The van der Waals surface area contributed by atoms with Crippen LogP contribution in [0.1, 0.15) is 16.5 Å². The highest BCUT2D eigenvalue weighted by molar-refractivity contribution is 7.81. The van der Waals surface area contributed by atoms with Gasteiger partial charge in [0.05, 0.1) is 7.11 Å². The summed E-state index contributed by atoms with van der Waals surface area (Å²) in [6.07, 6.45) is 0. The second-order valence-electron chi connectivity index (χ2n) is 2.10. The molecule has 0 aromatic carbocycles. The van der Waals surface area contributed by atoms with Gasteiger partial charge in [-0.05, 0) is 13.8 Å². The Morgan fingerprint density at radius 1 is 1.90 bits per heavy atom. The van der Waals surface area contributed by atoms with Gasteiger partial charge in [0.2, 0.25) is 0 Å². The number of methoxy groups -OCH3 is 1. The molecule has 0 saturated heterocycles. The largest absolute Gasteiger partial charge is 0.468 e. The van der Waals surface area contributed by atoms with Gasteiger partial charge in [-0.2, -0.15) is 12.6 Å². The van der Waals surface area contributed by atoms with Crippen molar-refractivity contribution < 1.29 is 12.3 Å². The molecule has 1 atom stereocenters. The number of carbonyl (C=O) groups excluding carboxylic acids is 1. The van der Waals surface area contributed by atoms with Crippen LogP contribution in [0.3, 0.4) is 0 Å². The molecule has 0 aliphatic carbocycles. The van der Waals surface area contributed by atoms with Crippen molar-refractivity contribution >= 4 is 18.6 Å². The molecule has 0 rings (SSSR count). The predicted octanol–water partition coefficient (Wildman–Crippen LogP) is 0.195. The third-order valence-electron chi connectivity index (χ3n) is 1.03. The molecule has 4 heteroatoms. The molecule has 0 fully saturated rings. The first-order valence-corrected chi connectivity index (χ1v) is 3.11. The molecule has 3 nitrogen and oxygen atoms in total. The van der Waals surface area contributed by atoms with E-state index in [0.29, 0.717) is 0 Å². The third kappa shape index (κ3) is 2.58. The van der Waals surface area contributed by atoms with E-state index in [2.05, 4.69) is 17.4 Å². The molecule has 0 bridgehead atoms. The van der Waals surface area contributed by atoms with Gasteiger partial charge in [-0.3, -0.25) is 4.79 Å². The standard InChI is InChI=1S/C6H13NO2S/c1-6(2,10)4(7)5(8)9-3/h4,10H,7H2,1-3H3/t4-/m1/s1/i1D,2D. The summed E-state index contributed by atoms with van der Waals surface area (Å²) in [5.41, 5.74) is 5.44. The average Bonchev–Trinajstić information content (AvgIpc) is 2.14. The number of nitrogens with two attached hydrogens (primary N) is 1. The Morgan fingerprint density at radius 3 is 2.70 bits per heavy atom. The minimum Gasteiger partial charge on any atom is -0.468 e. The van der Waals surface area contributed by atoms with E-state index in [4.69, 9.17) is 8.48 Å². The molecule has 0 unspecified atom stereocenters. The molecule has 2 N–H and O–H groups in total. The summed E-state index contributed by atoms with van der Waals surface area (Å²) in [5, 5.41) is 0. The Kier molecular flexibility index (Phi) is 2.11. The van der Waals surface area contributed by atoms with Crippen molar-refractivity contribution in [2.45, 2.75) is 24.6 Å². The smallest absolute Gasteiger partial charge is 0.324 e. The Morgan fingerprint density at radius 2 is 2.40 bits per heavy atom. The summed E-state index contributed by atoms with van der Waals surface area (Å²) in [5.74, 6) is -0.635. The van der Waals surface area contributed by atoms with E-state index in [9.17, 15) is 4.79 Å². The Bertz CT molecular complexity index is 164. The third-order valence-corrected chi connectivity index (χ3v) is 1.31. The van der Waals surface area contributed by atoms with E-state index in [1.807, 2.05) is 0 Å². The number of thiol groups is 1. The van der Waals surface area contributed by atoms with Crippen LogP contribution in [0, 0.1) is 0 Å². The fourth-order valence-electron chi connectivity index (χ4n) is 0.346. The van der Waals surface area contributed by atoms with Crippen molar-refractivity contribution in [2.75, 3.05) is 7.11 Å². The van der Waals surface area contributed by atoms with E-state index in [-0.39, 0.29) is 13.8 Å². The number of rotatable bonds is 2. The molecule has 0 spiro atoms. The topological polar surface area (TPSA) is 52.3 Å². The molecular formula is C6H13NO2S. The van der Waals surface area contributed by atoms with E-state index in [0.717, 1.165) is 0 Å². The first kappa shape index (κ1) is 6.49. The maximum Gasteiger partial charge on any atom is 0.324 e. The lowest BCUT2D eigenvalue weighted by Crippen LogP contribution is -2.45. The lowest BCUT2D eigenvalue weighted by Gasteiger charge is -2.22. The quantitative estimate of drug-likeness (QED) is 0.454. The SMILES string of the molecule is [2H]CC(S)(C[2H])[C@H](N)C(=O)OC. The first-order chi connectivity index (χ1) is 5.51. The average molecular weight is 165 g/mol. The summed E-state index contributed by atoms with van der Waals surface area (Å²) < 4.78 is 17.4. The highest BCUT2D eigenvalue weighted by Crippen LogP contribution is 2.16. The fourth-order valence-corrected chi connectivity index (χ4v) is 0.452. The van der Waals surface area contributed by atoms with E-state index >= 15 is 0 Å². The number of hydrogen-bond acceptors (Lipinski definition) is 4. The van der Waals surface area contributed by atoms with Crippen LogP contribution in [-0.2, 0) is 9.53 Å². The molecule has 0 aromatic rings. The van der Waals surface area contributed by atoms with E-state index < -0.39 is 16.8 Å². The van der Waals surface area contributed by atoms with Gasteiger partial charge in [-0.25, -0.2) is 0 Å². The number of carbonyl (C=O) groups is 1. The van der Waals surface area contributed by atoms with Crippen molar-refractivity contribution in [3.63, 3.8) is 0 Å². The zero-order valence-corrected chi connectivity index (χ0v) is 6.73. The van der Waals surface area contributed by atoms with Crippen molar-refractivity contribution in [1.82, 2.24) is 0 Å². The van der Waals surface area contributed by atoms with Gasteiger partial charge in [0.1, 0.15) is 6.04 Å². The van der Waals surface area contributed by atoms with Gasteiger partial charge in [-0.1, -0.05) is 0 Å². The van der Waals surface area contributed by atoms with Crippen LogP contribution in [0.2, 0.25) is 0 Å². The monoisotopic (exact) mass is 165 g/mol. The van der Waals surface area contributed by atoms with Gasteiger partial charge >= 0.3 is 5.97 Å². The second kappa shape index (κ2) is 3.25. The molecule has 0 amide bonds. The van der Waals surface area contributed by atoms with Crippen LogP contribution in [-0.4, -0.2) is 23.9 Å². The van der Waals surface area contributed by atoms with Crippen molar-refractivity contribution in [3.8, 4) is 0 Å². The minimum atomic E-state index is -1.10. The maximum atomic E-state index is 10.9. The Balaban J connectivity index is 4.40. The molecule has 0 heterocycles. The van der Waals surface area contributed by atoms with Crippen LogP contribution in [0.5, 0.6) is 0 Å². The molecular weight excluding hydrogens is 150 g/mol. The summed E-state index contributed by atoms with van der Waals surface area (Å²) in [6, 6.07) is -1.01. The zero-order chi connectivity index (χ0) is 9.78. The van der Waals surface area contributed by atoms with Crippen LogP contribution in [0.15, 0.2) is 0 Å². The number of hydrogen-bond donors (Lipinski definition) is 2. The van der Waals surface area contributed by atoms with Crippen LogP contribution >= 0.6 is 12.6 Å². The molecule has 0 aromatic heterocycles. The number of ether oxygens (including phenoxy) is 1. The molecule has 60 valence electrons. The Labute approximate surface area is 69.1 Å². The van der Waals surface area contributed by atoms with E-state index in [1.54, 1.807) is 0 Å². The number of esters is 1. The van der Waals surface area contributed by atoms with Crippen LogP contribution in [0.25, 0.3) is 0 Å². The molecule has 0 aliphatic rings. The van der Waals surface area contributed by atoms with Crippen LogP contribution < -0.4 is 5.73 Å². The van der Waals surface area contributed by atoms with Crippen molar-refractivity contribution in [1.29, 1.82) is 0 Å². The molecule has 0 aliphatic heterocycles. The lowest BCUT2D eigenvalue weighted by molar-refractivity contribution is -0.142. The summed E-state index contributed by atoms with van der Waals surface area (Å²) in [6.45, 7) is -0.369. The van der Waals surface area contributed by atoms with Gasteiger partial charge in [-0.15, -0.1) is 0 Å². The lowest BCUT2D eigenvalue weighted by atomic mass is 10.1. The maximum absolute atomic E-state index is 10.9. The molecule has 0 radical (unpaired) electrons. The van der Waals surface area contributed by atoms with Crippen molar-refractivity contribution in [3.05, 3.63) is 0 Å². The van der Waals surface area contributed by atoms with Gasteiger partial charge in [0.25, 0.3) is 0 Å². The van der Waals surface area contributed by atoms with Gasteiger partial charge < -0.3 is 10.5 Å².